The molecule has 2 atom stereocenters. The van der Waals surface area contributed by atoms with E-state index in [1.807, 2.05) is 6.92 Å². The number of carbonyl (C=O) groups excluding carboxylic acids is 1. The largest absolute Gasteiger partial charge is 0.322 e. The number of Topliss-reactive ketones (excluding diaryl/α,β-unsaturated/α-hetero) is 1. The number of ketones is 1. The minimum Gasteiger partial charge on any atom is -0.322 e. The zero-order valence-electron chi connectivity index (χ0n) is 9.39. The van der Waals surface area contributed by atoms with Gasteiger partial charge >= 0.3 is 0 Å². The van der Waals surface area contributed by atoms with Crippen LogP contribution >= 0.6 is 0 Å². The van der Waals surface area contributed by atoms with Gasteiger partial charge in [0.2, 0.25) is 0 Å². The van der Waals surface area contributed by atoms with Crippen molar-refractivity contribution < 1.29 is 4.79 Å². The van der Waals surface area contributed by atoms with Gasteiger partial charge in [-0.25, -0.2) is 0 Å². The Kier molecular flexibility index (Phi) is 5.23. The highest BCUT2D eigenvalue weighted by Crippen LogP contribution is 2.30. The van der Waals surface area contributed by atoms with Crippen LogP contribution in [-0.2, 0) is 4.79 Å². The molecular weight excluding hydrogens is 162 g/mol. The van der Waals surface area contributed by atoms with E-state index in [0.29, 0.717) is 0 Å². The number of rotatable bonds is 6. The molecular formula is C11H23NO. The summed E-state index contributed by atoms with van der Waals surface area (Å²) in [6.07, 6.45) is 4.12. The summed E-state index contributed by atoms with van der Waals surface area (Å²) >= 11 is 0. The fraction of sp³-hybridized carbons (Fsp3) is 0.909. The quantitative estimate of drug-likeness (QED) is 0.691. The van der Waals surface area contributed by atoms with Crippen LogP contribution in [0.5, 0.6) is 0 Å². The van der Waals surface area contributed by atoms with Crippen LogP contribution in [0.1, 0.15) is 53.4 Å². The molecule has 0 bridgehead atoms. The molecule has 0 saturated carbocycles. The van der Waals surface area contributed by atoms with E-state index in [4.69, 9.17) is 5.73 Å². The molecule has 0 radical (unpaired) electrons. The van der Waals surface area contributed by atoms with Gasteiger partial charge < -0.3 is 5.73 Å². The van der Waals surface area contributed by atoms with Crippen LogP contribution in [0.2, 0.25) is 0 Å². The maximum absolute atomic E-state index is 11.8. The summed E-state index contributed by atoms with van der Waals surface area (Å²) in [5.74, 6) is 0.212. The lowest BCUT2D eigenvalue weighted by Gasteiger charge is -2.28. The molecule has 0 aromatic rings. The van der Waals surface area contributed by atoms with Gasteiger partial charge in [-0.3, -0.25) is 4.79 Å². The average Bonchev–Trinajstić information content (AvgIpc) is 2.12. The van der Waals surface area contributed by atoms with Crippen molar-refractivity contribution >= 4 is 5.78 Å². The molecule has 0 aromatic heterocycles. The third-order valence-electron chi connectivity index (χ3n) is 2.87. The van der Waals surface area contributed by atoms with Crippen molar-refractivity contribution in [1.82, 2.24) is 0 Å². The Morgan fingerprint density at radius 1 is 1.46 bits per heavy atom. The van der Waals surface area contributed by atoms with E-state index in [0.717, 1.165) is 25.7 Å². The maximum Gasteiger partial charge on any atom is 0.155 e. The summed E-state index contributed by atoms with van der Waals surface area (Å²) in [6, 6.07) is -0.318. The van der Waals surface area contributed by atoms with Gasteiger partial charge in [0, 0.05) is 5.41 Å². The van der Waals surface area contributed by atoms with Crippen molar-refractivity contribution in [2.75, 3.05) is 0 Å². The molecule has 13 heavy (non-hydrogen) atoms. The minimum atomic E-state index is -0.318. The molecule has 0 aliphatic rings. The summed E-state index contributed by atoms with van der Waals surface area (Å²) < 4.78 is 0. The van der Waals surface area contributed by atoms with E-state index in [-0.39, 0.29) is 17.2 Å². The predicted molar refractivity (Wildman–Crippen MR) is 56.6 cm³/mol. The number of hydrogen-bond acceptors (Lipinski definition) is 2. The average molecular weight is 185 g/mol. The van der Waals surface area contributed by atoms with Gasteiger partial charge in [-0.1, -0.05) is 33.6 Å². The molecule has 0 aliphatic heterocycles. The Labute approximate surface area is 81.9 Å². The summed E-state index contributed by atoms with van der Waals surface area (Å²) in [7, 11) is 0. The van der Waals surface area contributed by atoms with Crippen molar-refractivity contribution in [3.63, 3.8) is 0 Å². The van der Waals surface area contributed by atoms with Gasteiger partial charge in [-0.15, -0.1) is 0 Å². The Bertz CT molecular complexity index is 165. The number of nitrogens with two attached hydrogens (primary N) is 1. The highest BCUT2D eigenvalue weighted by Gasteiger charge is 2.32. The molecule has 0 spiro atoms. The maximum atomic E-state index is 11.8. The van der Waals surface area contributed by atoms with Gasteiger partial charge in [0.1, 0.15) is 0 Å². The molecule has 2 heteroatoms. The molecule has 0 saturated heterocycles. The Hall–Kier alpha value is -0.370. The molecule has 0 rings (SSSR count). The van der Waals surface area contributed by atoms with Crippen LogP contribution in [0, 0.1) is 5.41 Å². The molecule has 2 N–H and O–H groups in total. The summed E-state index contributed by atoms with van der Waals surface area (Å²) in [5, 5.41) is 0. The van der Waals surface area contributed by atoms with Crippen molar-refractivity contribution in [3.8, 4) is 0 Å². The van der Waals surface area contributed by atoms with Gasteiger partial charge in [0.05, 0.1) is 6.04 Å². The first-order chi connectivity index (χ1) is 5.98. The smallest absolute Gasteiger partial charge is 0.155 e. The van der Waals surface area contributed by atoms with Crippen LogP contribution in [0.15, 0.2) is 0 Å². The summed E-state index contributed by atoms with van der Waals surface area (Å²) in [5.41, 5.74) is 5.43. The molecule has 0 aromatic carbocycles. The molecule has 2 unspecified atom stereocenters. The lowest BCUT2D eigenvalue weighted by Crippen LogP contribution is -2.39. The highest BCUT2D eigenvalue weighted by molar-refractivity contribution is 5.88. The van der Waals surface area contributed by atoms with Gasteiger partial charge in [-0.05, 0) is 19.8 Å². The van der Waals surface area contributed by atoms with Gasteiger partial charge in [0.15, 0.2) is 5.78 Å². The third-order valence-corrected chi connectivity index (χ3v) is 2.87. The lowest BCUT2D eigenvalue weighted by atomic mass is 9.76. The topological polar surface area (TPSA) is 43.1 Å². The zero-order valence-corrected chi connectivity index (χ0v) is 9.39. The van der Waals surface area contributed by atoms with Gasteiger partial charge in [0.25, 0.3) is 0 Å². The fourth-order valence-corrected chi connectivity index (χ4v) is 1.59. The minimum absolute atomic E-state index is 0.190. The fourth-order valence-electron chi connectivity index (χ4n) is 1.59. The first-order valence-corrected chi connectivity index (χ1v) is 5.27. The van der Waals surface area contributed by atoms with E-state index >= 15 is 0 Å². The van der Waals surface area contributed by atoms with Crippen molar-refractivity contribution in [2.45, 2.75) is 59.4 Å². The normalized spacial score (nSPS) is 17.9. The van der Waals surface area contributed by atoms with Crippen LogP contribution in [0.3, 0.4) is 0 Å². The number of hydrogen-bond donors (Lipinski definition) is 1. The first kappa shape index (κ1) is 12.6. The Balaban J connectivity index is 4.34. The Morgan fingerprint density at radius 2 is 2.00 bits per heavy atom. The van der Waals surface area contributed by atoms with E-state index < -0.39 is 0 Å². The summed E-state index contributed by atoms with van der Waals surface area (Å²) in [4.78, 5) is 11.8. The Morgan fingerprint density at radius 3 is 2.31 bits per heavy atom. The number of unbranched alkanes of at least 4 members (excludes halogenated alkanes) is 1. The van der Waals surface area contributed by atoms with E-state index in [1.54, 1.807) is 6.92 Å². The van der Waals surface area contributed by atoms with Crippen molar-refractivity contribution in [2.24, 2.45) is 11.1 Å². The second kappa shape index (κ2) is 5.38. The van der Waals surface area contributed by atoms with Crippen LogP contribution in [0.25, 0.3) is 0 Å². The third kappa shape index (κ3) is 3.47. The van der Waals surface area contributed by atoms with Gasteiger partial charge in [-0.2, -0.15) is 0 Å². The molecule has 0 fully saturated rings. The van der Waals surface area contributed by atoms with E-state index in [1.165, 1.54) is 0 Å². The highest BCUT2D eigenvalue weighted by atomic mass is 16.1. The predicted octanol–water partition coefficient (Wildman–Crippen LogP) is 2.51. The van der Waals surface area contributed by atoms with E-state index in [9.17, 15) is 4.79 Å². The van der Waals surface area contributed by atoms with E-state index in [2.05, 4.69) is 13.8 Å². The molecule has 0 aliphatic carbocycles. The van der Waals surface area contributed by atoms with Crippen LogP contribution in [-0.4, -0.2) is 11.8 Å². The molecule has 78 valence electrons. The summed E-state index contributed by atoms with van der Waals surface area (Å²) in [6.45, 7) is 8.03. The monoisotopic (exact) mass is 185 g/mol. The van der Waals surface area contributed by atoms with Crippen molar-refractivity contribution in [1.29, 1.82) is 0 Å². The second-order valence-electron chi connectivity index (χ2n) is 4.17. The van der Waals surface area contributed by atoms with Crippen LogP contribution < -0.4 is 5.73 Å². The molecule has 2 nitrogen and oxygen atoms in total. The number of carbonyl (C=O) groups is 1. The molecule has 0 heterocycles. The van der Waals surface area contributed by atoms with Crippen LogP contribution in [0.4, 0.5) is 0 Å². The first-order valence-electron chi connectivity index (χ1n) is 5.27. The van der Waals surface area contributed by atoms with Crippen molar-refractivity contribution in [3.05, 3.63) is 0 Å². The zero-order chi connectivity index (χ0) is 10.5. The standard InChI is InChI=1S/C11H23NO/c1-5-7-8-11(4,6-2)10(13)9(3)12/h9H,5-8,12H2,1-4H3. The lowest BCUT2D eigenvalue weighted by molar-refractivity contribution is -0.129. The molecule has 0 amide bonds. The SMILES string of the molecule is CCCCC(C)(CC)C(=O)C(C)N. The second-order valence-corrected chi connectivity index (χ2v) is 4.17.